The van der Waals surface area contributed by atoms with E-state index in [-0.39, 0.29) is 0 Å². The Labute approximate surface area is 138 Å². The zero-order valence-electron chi connectivity index (χ0n) is 12.6. The Balaban J connectivity index is 1.60. The fourth-order valence-corrected chi connectivity index (χ4v) is 3.73. The highest BCUT2D eigenvalue weighted by molar-refractivity contribution is 6.23. The summed E-state index contributed by atoms with van der Waals surface area (Å²) >= 11 is 6.32. The molecule has 5 rings (SSSR count). The first-order valence-corrected chi connectivity index (χ1v) is 8.35. The number of imidazole rings is 1. The second-order valence-corrected chi connectivity index (χ2v) is 6.57. The maximum absolute atomic E-state index is 6.32. The molecule has 124 valence electrons. The summed E-state index contributed by atoms with van der Waals surface area (Å²) in [5, 5.41) is 3.25. The van der Waals surface area contributed by atoms with Crippen molar-refractivity contribution in [2.45, 2.75) is 17.8 Å². The second kappa shape index (κ2) is 5.07. The van der Waals surface area contributed by atoms with Crippen LogP contribution in [-0.2, 0) is 26.4 Å². The van der Waals surface area contributed by atoms with Crippen LogP contribution >= 0.6 is 11.6 Å². The molecular weight excluding hydrogens is 322 g/mol. The third-order valence-corrected chi connectivity index (χ3v) is 4.96. The number of hydrogen-bond donors (Lipinski definition) is 1. The third-order valence-electron chi connectivity index (χ3n) is 4.75. The van der Waals surface area contributed by atoms with Gasteiger partial charge < -0.3 is 29.0 Å². The Bertz CT molecular complexity index is 666. The van der Waals surface area contributed by atoms with Crippen molar-refractivity contribution in [1.82, 2.24) is 14.5 Å². The number of anilines is 1. The molecule has 1 unspecified atom stereocenters. The molecule has 0 radical (unpaired) electrons. The largest absolute Gasteiger partial charge is 0.378 e. The number of halogens is 1. The van der Waals surface area contributed by atoms with Gasteiger partial charge in [0, 0.05) is 19.6 Å². The lowest BCUT2D eigenvalue weighted by Gasteiger charge is -2.43. The van der Waals surface area contributed by atoms with Gasteiger partial charge in [-0.05, 0) is 0 Å². The summed E-state index contributed by atoms with van der Waals surface area (Å²) in [6.45, 7) is 5.51. The number of aliphatic imine (C=N–C) groups is 1. The topological polar surface area (TPSA) is 73.1 Å². The normalized spacial score (nSPS) is 28.5. The molecule has 2 saturated heterocycles. The molecule has 2 fully saturated rings. The minimum absolute atomic E-state index is 0.408. The molecule has 4 aliphatic rings. The van der Waals surface area contributed by atoms with Crippen LogP contribution in [0, 0.1) is 0 Å². The van der Waals surface area contributed by atoms with Gasteiger partial charge in [-0.15, -0.1) is 0 Å². The number of fused-ring (bicyclic) bond motifs is 4. The predicted octanol–water partition coefficient (Wildman–Crippen LogP) is 0.165. The lowest BCUT2D eigenvalue weighted by Crippen LogP contribution is -2.53. The van der Waals surface area contributed by atoms with E-state index in [1.165, 1.54) is 0 Å². The van der Waals surface area contributed by atoms with Gasteiger partial charge in [0.2, 0.25) is 0 Å². The molecule has 0 amide bonds. The van der Waals surface area contributed by atoms with Crippen molar-refractivity contribution >= 4 is 23.3 Å². The second-order valence-electron chi connectivity index (χ2n) is 6.15. The highest BCUT2D eigenvalue weighted by atomic mass is 35.5. The minimum Gasteiger partial charge on any atom is -0.378 e. The van der Waals surface area contributed by atoms with Gasteiger partial charge in [0.15, 0.2) is 17.1 Å². The van der Waals surface area contributed by atoms with Crippen LogP contribution in [0.4, 0.5) is 5.82 Å². The van der Waals surface area contributed by atoms with Crippen molar-refractivity contribution in [3.63, 3.8) is 0 Å². The molecule has 4 aliphatic heterocycles. The van der Waals surface area contributed by atoms with Crippen molar-refractivity contribution in [3.8, 4) is 0 Å². The summed E-state index contributed by atoms with van der Waals surface area (Å²) < 4.78 is 19.0. The zero-order valence-corrected chi connectivity index (χ0v) is 13.4. The number of ether oxygens (including phenoxy) is 3. The molecule has 1 aromatic rings. The molecule has 1 atom stereocenters. The first kappa shape index (κ1) is 14.0. The fraction of sp³-hybridized carbons (Fsp3) is 0.714. The van der Waals surface area contributed by atoms with E-state index >= 15 is 0 Å². The Kier molecular flexibility index (Phi) is 3.09. The molecule has 9 heteroatoms. The quantitative estimate of drug-likeness (QED) is 0.536. The summed E-state index contributed by atoms with van der Waals surface area (Å²) in [5.74, 6) is 2.70. The number of nitrogens with zero attached hydrogens (tertiary/aromatic N) is 4. The molecule has 1 N–H and O–H groups in total. The predicted molar refractivity (Wildman–Crippen MR) is 82.9 cm³/mol. The van der Waals surface area contributed by atoms with E-state index in [1.54, 1.807) is 0 Å². The number of rotatable bonds is 0. The van der Waals surface area contributed by atoms with Crippen molar-refractivity contribution in [2.24, 2.45) is 4.99 Å². The number of amidine groups is 1. The SMILES string of the molecule is ClC1N=C(N2CCOCC2)c2nc3n(c2N1)CCOC31COC1. The maximum Gasteiger partial charge on any atom is 0.198 e. The molecule has 23 heavy (non-hydrogen) atoms. The van der Waals surface area contributed by atoms with Crippen LogP contribution in [-0.4, -0.2) is 72.0 Å². The Morgan fingerprint density at radius 2 is 1.96 bits per heavy atom. The van der Waals surface area contributed by atoms with E-state index in [0.717, 1.165) is 42.8 Å². The minimum atomic E-state index is -0.488. The van der Waals surface area contributed by atoms with E-state index in [2.05, 4.69) is 19.8 Å². The van der Waals surface area contributed by atoms with Gasteiger partial charge in [-0.3, -0.25) is 0 Å². The van der Waals surface area contributed by atoms with Crippen LogP contribution in [0.2, 0.25) is 0 Å². The molecule has 1 aromatic heterocycles. The average molecular weight is 340 g/mol. The van der Waals surface area contributed by atoms with Crippen LogP contribution < -0.4 is 5.32 Å². The van der Waals surface area contributed by atoms with E-state index in [0.29, 0.717) is 33.0 Å². The average Bonchev–Trinajstić information content (AvgIpc) is 2.92. The number of morpholine rings is 1. The summed E-state index contributed by atoms with van der Waals surface area (Å²) in [6, 6.07) is 0. The Hall–Kier alpha value is -1.35. The van der Waals surface area contributed by atoms with E-state index in [1.807, 2.05) is 0 Å². The fourth-order valence-electron chi connectivity index (χ4n) is 3.54. The molecule has 8 nitrogen and oxygen atoms in total. The van der Waals surface area contributed by atoms with E-state index in [4.69, 9.17) is 30.8 Å². The monoisotopic (exact) mass is 339 g/mol. The van der Waals surface area contributed by atoms with Gasteiger partial charge in [0.1, 0.15) is 17.3 Å². The van der Waals surface area contributed by atoms with Gasteiger partial charge in [-0.1, -0.05) is 11.6 Å². The molecule has 0 saturated carbocycles. The van der Waals surface area contributed by atoms with Crippen LogP contribution in [0.25, 0.3) is 0 Å². The summed E-state index contributed by atoms with van der Waals surface area (Å²) in [7, 11) is 0. The Morgan fingerprint density at radius 3 is 2.70 bits per heavy atom. The number of aromatic nitrogens is 2. The number of nitrogens with one attached hydrogen (secondary N) is 1. The highest BCUT2D eigenvalue weighted by Crippen LogP contribution is 2.40. The van der Waals surface area contributed by atoms with Gasteiger partial charge in [-0.25, -0.2) is 9.98 Å². The van der Waals surface area contributed by atoms with Crippen molar-refractivity contribution < 1.29 is 14.2 Å². The molecule has 1 spiro atoms. The summed E-state index contributed by atoms with van der Waals surface area (Å²) in [4.78, 5) is 11.7. The lowest BCUT2D eigenvalue weighted by atomic mass is 10.00. The van der Waals surface area contributed by atoms with Gasteiger partial charge in [0.05, 0.1) is 33.0 Å². The summed E-state index contributed by atoms with van der Waals surface area (Å²) in [5.41, 5.74) is -0.0389. The van der Waals surface area contributed by atoms with Gasteiger partial charge in [-0.2, -0.15) is 0 Å². The highest BCUT2D eigenvalue weighted by Gasteiger charge is 2.49. The molecule has 0 bridgehead atoms. The zero-order chi connectivity index (χ0) is 15.4. The van der Waals surface area contributed by atoms with Crippen LogP contribution in [0.5, 0.6) is 0 Å². The van der Waals surface area contributed by atoms with Crippen molar-refractivity contribution in [2.75, 3.05) is 51.4 Å². The first-order chi connectivity index (χ1) is 11.3. The van der Waals surface area contributed by atoms with E-state index in [9.17, 15) is 0 Å². The maximum atomic E-state index is 6.32. The first-order valence-electron chi connectivity index (χ1n) is 7.91. The molecule has 5 heterocycles. The number of alkyl halides is 1. The van der Waals surface area contributed by atoms with Crippen molar-refractivity contribution in [1.29, 1.82) is 0 Å². The van der Waals surface area contributed by atoms with Crippen LogP contribution in [0.1, 0.15) is 11.5 Å². The third kappa shape index (κ3) is 2.02. The van der Waals surface area contributed by atoms with Gasteiger partial charge in [0.25, 0.3) is 0 Å². The van der Waals surface area contributed by atoms with Crippen LogP contribution in [0.3, 0.4) is 0 Å². The molecular formula is C14H18ClN5O3. The number of hydrogen-bond acceptors (Lipinski definition) is 7. The van der Waals surface area contributed by atoms with E-state index < -0.39 is 11.2 Å². The standard InChI is InChI=1S/C14H18ClN5O3/c15-13-17-10(19-1-4-21-5-2-19)9-11(18-13)20-3-6-23-14(7-22-8-14)12(20)16-9/h13,18H,1-8H2. The molecule has 0 aromatic carbocycles. The molecule has 0 aliphatic carbocycles. The van der Waals surface area contributed by atoms with Crippen molar-refractivity contribution in [3.05, 3.63) is 11.5 Å². The Morgan fingerprint density at radius 1 is 1.13 bits per heavy atom. The summed E-state index contributed by atoms with van der Waals surface area (Å²) in [6.07, 6.45) is 0. The van der Waals surface area contributed by atoms with Crippen LogP contribution in [0.15, 0.2) is 4.99 Å². The van der Waals surface area contributed by atoms with Gasteiger partial charge >= 0.3 is 0 Å². The lowest BCUT2D eigenvalue weighted by molar-refractivity contribution is -0.232. The smallest absolute Gasteiger partial charge is 0.198 e.